The van der Waals surface area contributed by atoms with E-state index in [4.69, 9.17) is 5.84 Å². The lowest BCUT2D eigenvalue weighted by molar-refractivity contribution is 0.0800. The number of nitrogens with one attached hydrogen (secondary N) is 1. The molecular formula is C14H26BrN5. The van der Waals surface area contributed by atoms with E-state index in [0.29, 0.717) is 0 Å². The SMILES string of the molecule is Cn1ncc(Br)c1C(NN)C(C)(C)N1CCCCCC1. The molecule has 0 bridgehead atoms. The van der Waals surface area contributed by atoms with Crippen molar-refractivity contribution >= 4 is 15.9 Å². The fourth-order valence-electron chi connectivity index (χ4n) is 3.19. The van der Waals surface area contributed by atoms with Gasteiger partial charge in [-0.05, 0) is 55.7 Å². The van der Waals surface area contributed by atoms with Gasteiger partial charge in [0.25, 0.3) is 0 Å². The minimum Gasteiger partial charge on any atom is -0.296 e. The average molecular weight is 344 g/mol. The molecule has 0 aromatic carbocycles. The summed E-state index contributed by atoms with van der Waals surface area (Å²) in [7, 11) is 1.96. The number of likely N-dealkylation sites (tertiary alicyclic amines) is 1. The molecule has 1 aromatic heterocycles. The monoisotopic (exact) mass is 343 g/mol. The summed E-state index contributed by atoms with van der Waals surface area (Å²) >= 11 is 3.59. The highest BCUT2D eigenvalue weighted by Crippen LogP contribution is 2.35. The molecule has 20 heavy (non-hydrogen) atoms. The van der Waals surface area contributed by atoms with Crippen LogP contribution in [0.5, 0.6) is 0 Å². The van der Waals surface area contributed by atoms with Crippen LogP contribution in [0.4, 0.5) is 0 Å². The first-order valence-electron chi connectivity index (χ1n) is 7.37. The molecule has 0 saturated carbocycles. The zero-order chi connectivity index (χ0) is 14.8. The number of aryl methyl sites for hydroxylation is 1. The van der Waals surface area contributed by atoms with E-state index >= 15 is 0 Å². The Balaban J connectivity index is 2.28. The third-order valence-electron chi connectivity index (χ3n) is 4.51. The molecule has 1 fully saturated rings. The van der Waals surface area contributed by atoms with Gasteiger partial charge in [0.15, 0.2) is 0 Å². The molecule has 0 spiro atoms. The number of hydrogen-bond donors (Lipinski definition) is 2. The summed E-state index contributed by atoms with van der Waals surface area (Å²) in [5.41, 5.74) is 4.05. The van der Waals surface area contributed by atoms with E-state index in [0.717, 1.165) is 23.3 Å². The third kappa shape index (κ3) is 3.08. The minimum absolute atomic E-state index is 0.0301. The molecule has 114 valence electrons. The van der Waals surface area contributed by atoms with Crippen molar-refractivity contribution in [3.8, 4) is 0 Å². The van der Waals surface area contributed by atoms with Gasteiger partial charge in [0, 0.05) is 12.6 Å². The second-order valence-electron chi connectivity index (χ2n) is 6.16. The lowest BCUT2D eigenvalue weighted by atomic mass is 9.89. The van der Waals surface area contributed by atoms with Gasteiger partial charge in [-0.3, -0.25) is 15.4 Å². The standard InChI is InChI=1S/C14H26BrN5/c1-14(2,20-8-6-4-5-7-9-20)13(18-16)12-11(15)10-17-19(12)3/h10,13,18H,4-9,16H2,1-3H3. The predicted molar refractivity (Wildman–Crippen MR) is 85.1 cm³/mol. The van der Waals surface area contributed by atoms with Gasteiger partial charge in [-0.15, -0.1) is 0 Å². The van der Waals surface area contributed by atoms with E-state index in [2.05, 4.69) is 45.2 Å². The molecule has 1 aliphatic rings. The summed E-state index contributed by atoms with van der Waals surface area (Å²) in [5, 5.41) is 4.32. The zero-order valence-electron chi connectivity index (χ0n) is 12.7. The predicted octanol–water partition coefficient (Wildman–Crippen LogP) is 2.34. The number of hydrazine groups is 1. The van der Waals surface area contributed by atoms with Gasteiger partial charge in [0.05, 0.1) is 22.4 Å². The lowest BCUT2D eigenvalue weighted by Crippen LogP contribution is -2.55. The van der Waals surface area contributed by atoms with E-state index in [1.807, 2.05) is 17.9 Å². The molecule has 0 radical (unpaired) electrons. The lowest BCUT2D eigenvalue weighted by Gasteiger charge is -2.43. The van der Waals surface area contributed by atoms with Crippen LogP contribution in [0.15, 0.2) is 10.7 Å². The highest BCUT2D eigenvalue weighted by Gasteiger charge is 2.38. The molecule has 2 heterocycles. The highest BCUT2D eigenvalue weighted by atomic mass is 79.9. The molecule has 1 atom stereocenters. The molecule has 6 heteroatoms. The summed E-state index contributed by atoms with van der Waals surface area (Å²) < 4.78 is 2.90. The van der Waals surface area contributed by atoms with Crippen molar-refractivity contribution in [1.82, 2.24) is 20.1 Å². The minimum atomic E-state index is -0.0601. The van der Waals surface area contributed by atoms with Crippen LogP contribution in [0.1, 0.15) is 51.3 Å². The van der Waals surface area contributed by atoms with Gasteiger partial charge in [-0.1, -0.05) is 12.8 Å². The number of hydrogen-bond acceptors (Lipinski definition) is 4. The topological polar surface area (TPSA) is 59.1 Å². The Hall–Kier alpha value is -0.430. The summed E-state index contributed by atoms with van der Waals surface area (Å²) in [4.78, 5) is 2.56. The van der Waals surface area contributed by atoms with Crippen molar-refractivity contribution in [3.63, 3.8) is 0 Å². The Labute approximate surface area is 130 Å². The van der Waals surface area contributed by atoms with Gasteiger partial charge in [0.2, 0.25) is 0 Å². The number of aromatic nitrogens is 2. The van der Waals surface area contributed by atoms with Crippen LogP contribution >= 0.6 is 15.9 Å². The van der Waals surface area contributed by atoms with Crippen molar-refractivity contribution in [2.75, 3.05) is 13.1 Å². The molecular weight excluding hydrogens is 318 g/mol. The zero-order valence-corrected chi connectivity index (χ0v) is 14.3. The Morgan fingerprint density at radius 2 is 1.90 bits per heavy atom. The second kappa shape index (κ2) is 6.56. The Bertz CT molecular complexity index is 415. The van der Waals surface area contributed by atoms with Crippen LogP contribution in [-0.4, -0.2) is 33.3 Å². The van der Waals surface area contributed by atoms with Crippen molar-refractivity contribution in [2.24, 2.45) is 12.9 Å². The molecule has 5 nitrogen and oxygen atoms in total. The molecule has 1 aliphatic heterocycles. The molecule has 2 rings (SSSR count). The summed E-state index contributed by atoms with van der Waals surface area (Å²) in [5.74, 6) is 5.90. The second-order valence-corrected chi connectivity index (χ2v) is 7.01. The molecule has 1 aromatic rings. The maximum Gasteiger partial charge on any atom is 0.0818 e. The van der Waals surface area contributed by atoms with Gasteiger partial charge in [-0.2, -0.15) is 5.10 Å². The fraction of sp³-hybridized carbons (Fsp3) is 0.786. The van der Waals surface area contributed by atoms with Crippen LogP contribution in [0, 0.1) is 0 Å². The number of rotatable bonds is 4. The van der Waals surface area contributed by atoms with Crippen molar-refractivity contribution in [1.29, 1.82) is 0 Å². The van der Waals surface area contributed by atoms with Crippen LogP contribution in [0.25, 0.3) is 0 Å². The van der Waals surface area contributed by atoms with E-state index < -0.39 is 0 Å². The van der Waals surface area contributed by atoms with Crippen molar-refractivity contribution in [3.05, 3.63) is 16.4 Å². The summed E-state index contributed by atoms with van der Waals surface area (Å²) in [6.07, 6.45) is 7.05. The van der Waals surface area contributed by atoms with Gasteiger partial charge in [-0.25, -0.2) is 5.43 Å². The van der Waals surface area contributed by atoms with Crippen LogP contribution in [0.3, 0.4) is 0 Å². The van der Waals surface area contributed by atoms with E-state index in [1.54, 1.807) is 0 Å². The molecule has 1 saturated heterocycles. The van der Waals surface area contributed by atoms with Gasteiger partial charge >= 0.3 is 0 Å². The maximum atomic E-state index is 5.90. The fourth-order valence-corrected chi connectivity index (χ4v) is 3.77. The van der Waals surface area contributed by atoms with Crippen LogP contribution in [0.2, 0.25) is 0 Å². The first kappa shape index (κ1) is 15.9. The first-order valence-corrected chi connectivity index (χ1v) is 8.16. The number of nitrogens with two attached hydrogens (primary N) is 1. The Morgan fingerprint density at radius 1 is 1.30 bits per heavy atom. The first-order chi connectivity index (χ1) is 9.48. The summed E-state index contributed by atoms with van der Waals surface area (Å²) in [6.45, 7) is 6.81. The molecule has 3 N–H and O–H groups in total. The van der Waals surface area contributed by atoms with Gasteiger partial charge < -0.3 is 0 Å². The quantitative estimate of drug-likeness (QED) is 0.650. The molecule has 0 aliphatic carbocycles. The molecule has 1 unspecified atom stereocenters. The maximum absolute atomic E-state index is 5.90. The van der Waals surface area contributed by atoms with Crippen LogP contribution < -0.4 is 11.3 Å². The largest absolute Gasteiger partial charge is 0.296 e. The molecule has 0 amide bonds. The number of nitrogens with zero attached hydrogens (tertiary/aromatic N) is 3. The van der Waals surface area contributed by atoms with Crippen molar-refractivity contribution in [2.45, 2.75) is 51.1 Å². The normalized spacial score (nSPS) is 19.9. The summed E-state index contributed by atoms with van der Waals surface area (Å²) in [6, 6.07) is 0.0301. The third-order valence-corrected chi connectivity index (χ3v) is 5.12. The van der Waals surface area contributed by atoms with E-state index in [1.165, 1.54) is 25.7 Å². The van der Waals surface area contributed by atoms with Crippen LogP contribution in [-0.2, 0) is 7.05 Å². The Morgan fingerprint density at radius 3 is 2.35 bits per heavy atom. The Kier molecular flexibility index (Phi) is 5.23. The van der Waals surface area contributed by atoms with E-state index in [-0.39, 0.29) is 11.6 Å². The highest BCUT2D eigenvalue weighted by molar-refractivity contribution is 9.10. The average Bonchev–Trinajstić information content (AvgIpc) is 2.64. The van der Waals surface area contributed by atoms with E-state index in [9.17, 15) is 0 Å². The van der Waals surface area contributed by atoms with Gasteiger partial charge in [0.1, 0.15) is 0 Å². The van der Waals surface area contributed by atoms with Crippen molar-refractivity contribution < 1.29 is 0 Å². The number of halogens is 1. The smallest absolute Gasteiger partial charge is 0.0818 e.